The van der Waals surface area contributed by atoms with Crippen LogP contribution in [0.25, 0.3) is 0 Å². The van der Waals surface area contributed by atoms with Gasteiger partial charge in [0.05, 0.1) is 14.9 Å². The summed E-state index contributed by atoms with van der Waals surface area (Å²) in [6.07, 6.45) is 0. The normalized spacial score (nSPS) is 11.0. The van der Waals surface area contributed by atoms with Gasteiger partial charge in [-0.3, -0.25) is 14.3 Å². The number of anilines is 2. The molecule has 0 spiro atoms. The van der Waals surface area contributed by atoms with Gasteiger partial charge in [0.25, 0.3) is 21.8 Å². The molecule has 3 aromatic carbocycles. The molecule has 3 rings (SSSR count). The van der Waals surface area contributed by atoms with Crippen LogP contribution in [-0.4, -0.2) is 39.2 Å². The number of hydrogen-bond donors (Lipinski definition) is 2. The molecule has 0 aromatic heterocycles. The fraction of sp³-hybridized carbons (Fsp3) is 0.0909. The van der Waals surface area contributed by atoms with E-state index in [-0.39, 0.29) is 32.1 Å². The van der Waals surface area contributed by atoms with Gasteiger partial charge in [-0.05, 0) is 54.6 Å². The Morgan fingerprint density at radius 3 is 2.09 bits per heavy atom. The van der Waals surface area contributed by atoms with E-state index in [1.54, 1.807) is 50.5 Å². The number of amides is 2. The van der Waals surface area contributed by atoms with Crippen LogP contribution in [0.2, 0.25) is 10.0 Å². The predicted molar refractivity (Wildman–Crippen MR) is 126 cm³/mol. The molecule has 0 heterocycles. The Bertz CT molecular complexity index is 1290. The maximum absolute atomic E-state index is 12.7. The lowest BCUT2D eigenvalue weighted by molar-refractivity contribution is 0.0827. The van der Waals surface area contributed by atoms with Crippen LogP contribution in [0.15, 0.2) is 71.6 Å². The highest BCUT2D eigenvalue weighted by Crippen LogP contribution is 2.26. The number of nitrogens with one attached hydrogen (secondary N) is 2. The van der Waals surface area contributed by atoms with E-state index in [1.807, 2.05) is 0 Å². The average molecular weight is 492 g/mol. The number of rotatable bonds is 6. The van der Waals surface area contributed by atoms with Gasteiger partial charge in [-0.25, -0.2) is 8.42 Å². The third-order valence-corrected chi connectivity index (χ3v) is 6.47. The minimum atomic E-state index is -3.94. The smallest absolute Gasteiger partial charge is 0.261 e. The number of nitrogens with zero attached hydrogens (tertiary/aromatic N) is 1. The summed E-state index contributed by atoms with van der Waals surface area (Å²) in [5.74, 6) is -0.658. The second kappa shape index (κ2) is 9.60. The molecule has 0 aliphatic carbocycles. The number of carbonyl (C=O) groups excluding carboxylic acids is 2. The Morgan fingerprint density at radius 2 is 1.44 bits per heavy atom. The van der Waals surface area contributed by atoms with Crippen LogP contribution in [0.4, 0.5) is 11.4 Å². The van der Waals surface area contributed by atoms with E-state index >= 15 is 0 Å². The Labute approximate surface area is 196 Å². The molecule has 166 valence electrons. The Hall–Kier alpha value is -3.07. The summed E-state index contributed by atoms with van der Waals surface area (Å²) in [5, 5.41) is 3.05. The molecular formula is C22H19Cl2N3O4S. The third kappa shape index (κ3) is 5.59. The lowest BCUT2D eigenvalue weighted by Crippen LogP contribution is -2.22. The molecule has 7 nitrogen and oxygen atoms in total. The Morgan fingerprint density at radius 1 is 0.812 bits per heavy atom. The van der Waals surface area contributed by atoms with E-state index in [0.717, 1.165) is 0 Å². The van der Waals surface area contributed by atoms with E-state index in [2.05, 4.69) is 10.0 Å². The summed E-state index contributed by atoms with van der Waals surface area (Å²) in [4.78, 5) is 26.2. The first-order valence-corrected chi connectivity index (χ1v) is 11.5. The van der Waals surface area contributed by atoms with Crippen LogP contribution in [0.1, 0.15) is 20.7 Å². The molecule has 0 unspecified atom stereocenters. The van der Waals surface area contributed by atoms with Crippen molar-refractivity contribution in [1.82, 2.24) is 4.90 Å². The summed E-state index contributed by atoms with van der Waals surface area (Å²) >= 11 is 11.8. The molecule has 32 heavy (non-hydrogen) atoms. The lowest BCUT2D eigenvalue weighted by atomic mass is 10.1. The van der Waals surface area contributed by atoms with Gasteiger partial charge in [0.15, 0.2) is 0 Å². The molecule has 0 saturated heterocycles. The van der Waals surface area contributed by atoms with Gasteiger partial charge in [0.1, 0.15) is 0 Å². The minimum absolute atomic E-state index is 0.0656. The van der Waals surface area contributed by atoms with Crippen molar-refractivity contribution in [2.45, 2.75) is 4.90 Å². The zero-order chi connectivity index (χ0) is 23.5. The quantitative estimate of drug-likeness (QED) is 0.519. The van der Waals surface area contributed by atoms with E-state index in [1.165, 1.54) is 35.2 Å². The van der Waals surface area contributed by atoms with Crippen LogP contribution in [0.5, 0.6) is 0 Å². The maximum atomic E-state index is 12.7. The van der Waals surface area contributed by atoms with Crippen LogP contribution in [0.3, 0.4) is 0 Å². The highest BCUT2D eigenvalue weighted by molar-refractivity contribution is 7.92. The molecule has 0 bridgehead atoms. The van der Waals surface area contributed by atoms with Crippen molar-refractivity contribution in [2.75, 3.05) is 24.1 Å². The van der Waals surface area contributed by atoms with Gasteiger partial charge in [-0.1, -0.05) is 35.3 Å². The van der Waals surface area contributed by atoms with E-state index < -0.39 is 15.9 Å². The zero-order valence-corrected chi connectivity index (χ0v) is 19.4. The summed E-state index contributed by atoms with van der Waals surface area (Å²) in [6.45, 7) is 0. The molecule has 0 fully saturated rings. The molecular weight excluding hydrogens is 473 g/mol. The minimum Gasteiger partial charge on any atom is -0.345 e. The van der Waals surface area contributed by atoms with Crippen LogP contribution < -0.4 is 10.0 Å². The van der Waals surface area contributed by atoms with E-state index in [9.17, 15) is 18.0 Å². The molecule has 0 radical (unpaired) electrons. The number of sulfonamides is 1. The van der Waals surface area contributed by atoms with Gasteiger partial charge in [0.2, 0.25) is 0 Å². The second-order valence-corrected chi connectivity index (χ2v) is 9.49. The van der Waals surface area contributed by atoms with Gasteiger partial charge in [-0.15, -0.1) is 0 Å². The van der Waals surface area contributed by atoms with Crippen molar-refractivity contribution in [1.29, 1.82) is 0 Å². The molecule has 10 heteroatoms. The maximum Gasteiger partial charge on any atom is 0.261 e. The SMILES string of the molecule is CN(C)C(=O)c1cccc(NC(=O)c2cccc(NS(=O)(=O)c3ccc(Cl)c(Cl)c3)c2)c1. The first-order chi connectivity index (χ1) is 15.1. The Balaban J connectivity index is 1.78. The first kappa shape index (κ1) is 23.6. The standard InChI is InChI=1S/C22H19Cl2N3O4S/c1-27(2)22(29)15-6-4-7-16(12-15)25-21(28)14-5-3-8-17(11-14)26-32(30,31)18-9-10-19(23)20(24)13-18/h3-13,26H,1-2H3,(H,25,28). The summed E-state index contributed by atoms with van der Waals surface area (Å²) < 4.78 is 27.7. The van der Waals surface area contributed by atoms with Gasteiger partial charge in [-0.2, -0.15) is 0 Å². The topological polar surface area (TPSA) is 95.6 Å². The van der Waals surface area contributed by atoms with Crippen molar-refractivity contribution >= 4 is 56.4 Å². The third-order valence-electron chi connectivity index (χ3n) is 4.35. The van der Waals surface area contributed by atoms with E-state index in [0.29, 0.717) is 11.3 Å². The van der Waals surface area contributed by atoms with Crippen LogP contribution in [-0.2, 0) is 10.0 Å². The molecule has 2 N–H and O–H groups in total. The van der Waals surface area contributed by atoms with Crippen molar-refractivity contribution < 1.29 is 18.0 Å². The van der Waals surface area contributed by atoms with Crippen molar-refractivity contribution in [3.8, 4) is 0 Å². The number of hydrogen-bond acceptors (Lipinski definition) is 4. The van der Waals surface area contributed by atoms with Crippen LogP contribution in [0, 0.1) is 0 Å². The van der Waals surface area contributed by atoms with Crippen LogP contribution >= 0.6 is 23.2 Å². The number of carbonyl (C=O) groups is 2. The molecule has 0 aliphatic rings. The van der Waals surface area contributed by atoms with E-state index in [4.69, 9.17) is 23.2 Å². The second-order valence-electron chi connectivity index (χ2n) is 7.00. The zero-order valence-electron chi connectivity index (χ0n) is 17.1. The molecule has 0 atom stereocenters. The molecule has 3 aromatic rings. The first-order valence-electron chi connectivity index (χ1n) is 9.28. The highest BCUT2D eigenvalue weighted by Gasteiger charge is 2.17. The van der Waals surface area contributed by atoms with Crippen molar-refractivity contribution in [3.63, 3.8) is 0 Å². The van der Waals surface area contributed by atoms with Crippen molar-refractivity contribution in [2.24, 2.45) is 0 Å². The number of halogens is 2. The number of benzene rings is 3. The van der Waals surface area contributed by atoms with Gasteiger partial charge < -0.3 is 10.2 Å². The largest absolute Gasteiger partial charge is 0.345 e. The summed E-state index contributed by atoms with van der Waals surface area (Å²) in [7, 11) is -0.670. The molecule has 2 amide bonds. The molecule has 0 aliphatic heterocycles. The molecule has 0 saturated carbocycles. The predicted octanol–water partition coefficient (Wildman–Crippen LogP) is 4.75. The van der Waals surface area contributed by atoms with Gasteiger partial charge >= 0.3 is 0 Å². The van der Waals surface area contributed by atoms with Gasteiger partial charge in [0, 0.05) is 36.6 Å². The average Bonchev–Trinajstić information content (AvgIpc) is 2.75. The summed E-state index contributed by atoms with van der Waals surface area (Å²) in [6, 6.07) is 16.5. The fourth-order valence-corrected chi connectivity index (χ4v) is 4.21. The lowest BCUT2D eigenvalue weighted by Gasteiger charge is -2.12. The monoisotopic (exact) mass is 491 g/mol. The van der Waals surface area contributed by atoms with Crippen molar-refractivity contribution in [3.05, 3.63) is 87.9 Å². The Kier molecular flexibility index (Phi) is 7.08. The fourth-order valence-electron chi connectivity index (χ4n) is 2.77. The summed E-state index contributed by atoms with van der Waals surface area (Å²) in [5.41, 5.74) is 1.28. The highest BCUT2D eigenvalue weighted by atomic mass is 35.5.